The second-order valence-corrected chi connectivity index (χ2v) is 11.4. The Bertz CT molecular complexity index is 1060. The van der Waals surface area contributed by atoms with Crippen molar-refractivity contribution in [2.24, 2.45) is 17.1 Å². The number of rotatable bonds is 9. The molecule has 0 radical (unpaired) electrons. The predicted octanol–water partition coefficient (Wildman–Crippen LogP) is 2.90. The van der Waals surface area contributed by atoms with Crippen LogP contribution in [0, 0.1) is 11.3 Å². The number of ketones is 1. The zero-order chi connectivity index (χ0) is 27.8. The van der Waals surface area contributed by atoms with Gasteiger partial charge in [0.2, 0.25) is 18.2 Å². The smallest absolute Gasteiger partial charge is 0.249 e. The van der Waals surface area contributed by atoms with Crippen molar-refractivity contribution in [1.29, 1.82) is 0 Å². The summed E-state index contributed by atoms with van der Waals surface area (Å²) in [5.74, 6) is -3.56. The third kappa shape index (κ3) is 5.30. The number of primary amides is 1. The number of carbonyl (C=O) groups is 3. The molecule has 3 saturated heterocycles. The normalized spacial score (nSPS) is 25.2. The van der Waals surface area contributed by atoms with Gasteiger partial charge in [-0.25, -0.2) is 8.78 Å². The minimum absolute atomic E-state index is 0.230. The van der Waals surface area contributed by atoms with Gasteiger partial charge in [0.05, 0.1) is 17.9 Å². The number of Topliss-reactive ketones (excluding diaryl/α,β-unsaturated/α-hetero) is 1. The van der Waals surface area contributed by atoms with Gasteiger partial charge in [0.15, 0.2) is 5.78 Å². The molecule has 3 aliphatic heterocycles. The zero-order valence-electron chi connectivity index (χ0n) is 22.8. The average molecular weight is 535 g/mol. The Morgan fingerprint density at radius 2 is 1.84 bits per heavy atom. The van der Waals surface area contributed by atoms with Crippen LogP contribution in [0.3, 0.4) is 0 Å². The monoisotopic (exact) mass is 534 g/mol. The van der Waals surface area contributed by atoms with Crippen molar-refractivity contribution >= 4 is 23.3 Å². The molecule has 2 amide bonds. The van der Waals surface area contributed by atoms with Crippen LogP contribution in [-0.4, -0.2) is 91.8 Å². The Hall–Kier alpha value is -2.59. The number of likely N-dealkylation sites (tertiary alicyclic amines) is 1. The molecule has 0 spiro atoms. The Kier molecular flexibility index (Phi) is 8.42. The number of carbonyl (C=O) groups excluding carboxylic acids is 3. The number of hydrogen-bond donors (Lipinski definition) is 1. The van der Waals surface area contributed by atoms with E-state index in [1.54, 1.807) is 6.07 Å². The highest BCUT2D eigenvalue weighted by Crippen LogP contribution is 2.45. The van der Waals surface area contributed by atoms with Crippen molar-refractivity contribution < 1.29 is 27.9 Å². The van der Waals surface area contributed by atoms with Gasteiger partial charge in [0, 0.05) is 44.0 Å². The van der Waals surface area contributed by atoms with Crippen LogP contribution in [0.4, 0.5) is 14.5 Å². The molecule has 10 heteroatoms. The van der Waals surface area contributed by atoms with E-state index < -0.39 is 47.6 Å². The molecule has 3 heterocycles. The maximum absolute atomic E-state index is 14.3. The molecule has 3 aliphatic rings. The van der Waals surface area contributed by atoms with Gasteiger partial charge < -0.3 is 20.3 Å². The van der Waals surface area contributed by atoms with E-state index in [2.05, 4.69) is 16.7 Å². The molecule has 4 rings (SSSR count). The fraction of sp³-hybridized carbons (Fsp3) is 0.679. The molecule has 210 valence electrons. The SMILES string of the molecule is CCCN1CCN(c2ccc(C(N)=O)c([C@@H](C(=O)N3C[C@H](C(F)F)[C@H]4OCC(=O)[C@H]43)C(C)(C)CC)c2)CC1. The summed E-state index contributed by atoms with van der Waals surface area (Å²) >= 11 is 0. The summed E-state index contributed by atoms with van der Waals surface area (Å²) in [6, 6.07) is 4.34. The number of amides is 2. The van der Waals surface area contributed by atoms with Gasteiger partial charge in [0.1, 0.15) is 12.6 Å². The number of hydrogen-bond acceptors (Lipinski definition) is 6. The van der Waals surface area contributed by atoms with Crippen LogP contribution < -0.4 is 10.6 Å². The summed E-state index contributed by atoms with van der Waals surface area (Å²) < 4.78 is 33.2. The lowest BCUT2D eigenvalue weighted by molar-refractivity contribution is -0.140. The van der Waals surface area contributed by atoms with Crippen molar-refractivity contribution in [2.75, 3.05) is 50.8 Å². The van der Waals surface area contributed by atoms with E-state index in [4.69, 9.17) is 10.5 Å². The van der Waals surface area contributed by atoms with E-state index in [1.807, 2.05) is 32.9 Å². The van der Waals surface area contributed by atoms with Crippen LogP contribution in [0.25, 0.3) is 0 Å². The first-order valence-electron chi connectivity index (χ1n) is 13.6. The molecule has 8 nitrogen and oxygen atoms in total. The predicted molar refractivity (Wildman–Crippen MR) is 140 cm³/mol. The number of benzene rings is 1. The summed E-state index contributed by atoms with van der Waals surface area (Å²) in [5.41, 5.74) is 6.72. The minimum atomic E-state index is -2.72. The molecular formula is C28H40F2N4O4. The maximum atomic E-state index is 14.3. The molecule has 0 aliphatic carbocycles. The number of ether oxygens (including phenoxy) is 1. The number of piperazine rings is 1. The Morgan fingerprint density at radius 3 is 2.42 bits per heavy atom. The Labute approximate surface area is 223 Å². The van der Waals surface area contributed by atoms with E-state index in [0.717, 1.165) is 44.8 Å². The molecular weight excluding hydrogens is 494 g/mol. The summed E-state index contributed by atoms with van der Waals surface area (Å²) in [6.07, 6.45) is -2.07. The van der Waals surface area contributed by atoms with Crippen molar-refractivity contribution in [3.8, 4) is 0 Å². The van der Waals surface area contributed by atoms with Gasteiger partial charge in [-0.2, -0.15) is 0 Å². The van der Waals surface area contributed by atoms with E-state index in [0.29, 0.717) is 12.0 Å². The maximum Gasteiger partial charge on any atom is 0.249 e. The minimum Gasteiger partial charge on any atom is -0.369 e. The molecule has 38 heavy (non-hydrogen) atoms. The summed E-state index contributed by atoms with van der Waals surface area (Å²) in [4.78, 5) is 45.4. The molecule has 0 saturated carbocycles. The van der Waals surface area contributed by atoms with E-state index in [1.165, 1.54) is 4.90 Å². The fourth-order valence-corrected chi connectivity index (χ4v) is 6.16. The van der Waals surface area contributed by atoms with Crippen molar-refractivity contribution in [2.45, 2.75) is 65.0 Å². The molecule has 0 unspecified atom stereocenters. The quantitative estimate of drug-likeness (QED) is 0.524. The van der Waals surface area contributed by atoms with Gasteiger partial charge in [-0.15, -0.1) is 0 Å². The highest BCUT2D eigenvalue weighted by atomic mass is 19.3. The Balaban J connectivity index is 1.74. The van der Waals surface area contributed by atoms with Crippen LogP contribution in [0.15, 0.2) is 18.2 Å². The number of fused-ring (bicyclic) bond motifs is 1. The topological polar surface area (TPSA) is 96.2 Å². The van der Waals surface area contributed by atoms with Crippen LogP contribution in [-0.2, 0) is 14.3 Å². The second kappa shape index (κ2) is 11.3. The van der Waals surface area contributed by atoms with Crippen LogP contribution in [0.5, 0.6) is 0 Å². The molecule has 2 N–H and O–H groups in total. The summed E-state index contributed by atoms with van der Waals surface area (Å²) in [6.45, 7) is 11.9. The first-order chi connectivity index (χ1) is 18.0. The lowest BCUT2D eigenvalue weighted by atomic mass is 9.71. The van der Waals surface area contributed by atoms with Crippen LogP contribution >= 0.6 is 0 Å². The standard InChI is InChI=1S/C28H40F2N4O4/c1-5-9-32-10-12-33(13-11-32)17-7-8-18(26(31)36)19(14-17)22(28(3,4)6-2)27(37)34-15-20(25(29)30)24-23(34)21(35)16-38-24/h7-8,14,20,22-25H,5-6,9-13,15-16H2,1-4H3,(H2,31,36)/t20-,22-,23+,24+/m0/s1. The second-order valence-electron chi connectivity index (χ2n) is 11.4. The number of halogens is 2. The van der Waals surface area contributed by atoms with Crippen LogP contribution in [0.2, 0.25) is 0 Å². The van der Waals surface area contributed by atoms with Gasteiger partial charge in [-0.3, -0.25) is 19.3 Å². The number of alkyl halides is 2. The number of nitrogens with two attached hydrogens (primary N) is 1. The molecule has 1 aromatic rings. The third-order valence-electron chi connectivity index (χ3n) is 8.66. The first kappa shape index (κ1) is 28.4. The lowest BCUT2D eigenvalue weighted by Crippen LogP contribution is -2.48. The number of anilines is 1. The highest BCUT2D eigenvalue weighted by Gasteiger charge is 2.56. The molecule has 0 aromatic heterocycles. The number of nitrogens with zero attached hydrogens (tertiary/aromatic N) is 3. The van der Waals surface area contributed by atoms with Gasteiger partial charge in [-0.05, 0) is 48.6 Å². The van der Waals surface area contributed by atoms with E-state index in [9.17, 15) is 23.2 Å². The zero-order valence-corrected chi connectivity index (χ0v) is 22.8. The van der Waals surface area contributed by atoms with E-state index >= 15 is 0 Å². The molecule has 4 atom stereocenters. The van der Waals surface area contributed by atoms with Gasteiger partial charge in [0.25, 0.3) is 0 Å². The summed E-state index contributed by atoms with van der Waals surface area (Å²) in [5, 5.41) is 0. The van der Waals surface area contributed by atoms with Gasteiger partial charge >= 0.3 is 0 Å². The van der Waals surface area contributed by atoms with Crippen LogP contribution in [0.1, 0.15) is 62.4 Å². The van der Waals surface area contributed by atoms with Crippen molar-refractivity contribution in [3.63, 3.8) is 0 Å². The summed E-state index contributed by atoms with van der Waals surface area (Å²) in [7, 11) is 0. The fourth-order valence-electron chi connectivity index (χ4n) is 6.16. The Morgan fingerprint density at radius 1 is 1.16 bits per heavy atom. The highest BCUT2D eigenvalue weighted by molar-refractivity contribution is 5.99. The lowest BCUT2D eigenvalue weighted by Gasteiger charge is -2.39. The van der Waals surface area contributed by atoms with Crippen molar-refractivity contribution in [3.05, 3.63) is 29.3 Å². The average Bonchev–Trinajstić information content (AvgIpc) is 3.45. The molecule has 3 fully saturated rings. The molecule has 0 bridgehead atoms. The molecule has 1 aromatic carbocycles. The van der Waals surface area contributed by atoms with Gasteiger partial charge in [-0.1, -0.05) is 27.7 Å². The first-order valence-corrected chi connectivity index (χ1v) is 13.6. The van der Waals surface area contributed by atoms with E-state index in [-0.39, 0.29) is 24.5 Å². The largest absolute Gasteiger partial charge is 0.369 e. The third-order valence-corrected chi connectivity index (χ3v) is 8.66. The van der Waals surface area contributed by atoms with Crippen molar-refractivity contribution in [1.82, 2.24) is 9.80 Å².